The van der Waals surface area contributed by atoms with E-state index in [1.54, 1.807) is 0 Å². The first-order valence-corrected chi connectivity index (χ1v) is 11.4. The van der Waals surface area contributed by atoms with Crippen LogP contribution >= 0.6 is 0 Å². The third-order valence-corrected chi connectivity index (χ3v) is 6.97. The van der Waals surface area contributed by atoms with E-state index in [0.29, 0.717) is 30.9 Å². The number of ether oxygens (including phenoxy) is 1. The second-order valence-electron chi connectivity index (χ2n) is 9.33. The fraction of sp³-hybridized carbons (Fsp3) is 0.370. The predicted octanol–water partition coefficient (Wildman–Crippen LogP) is 4.01. The third kappa shape index (κ3) is 3.98. The van der Waals surface area contributed by atoms with E-state index < -0.39 is 0 Å². The number of benzene rings is 3. The Morgan fingerprint density at radius 2 is 1.94 bits per heavy atom. The van der Waals surface area contributed by atoms with Gasteiger partial charge in [0.15, 0.2) is 0 Å². The van der Waals surface area contributed by atoms with Crippen LogP contribution in [0.15, 0.2) is 60.7 Å². The molecule has 2 atom stereocenters. The Morgan fingerprint density at radius 1 is 1.16 bits per heavy atom. The lowest BCUT2D eigenvalue weighted by Crippen LogP contribution is -2.35. The highest BCUT2D eigenvalue weighted by Gasteiger charge is 2.46. The van der Waals surface area contributed by atoms with Crippen LogP contribution < -0.4 is 10.1 Å². The molecular weight excluding hydrogens is 400 g/mol. The number of carbonyl (C=O) groups is 1. The van der Waals surface area contributed by atoms with E-state index >= 15 is 0 Å². The number of aryl methyl sites for hydroxylation is 1. The first kappa shape index (κ1) is 21.0. The Hall–Kier alpha value is -2.89. The molecule has 32 heavy (non-hydrogen) atoms. The van der Waals surface area contributed by atoms with Gasteiger partial charge in [-0.1, -0.05) is 48.5 Å². The van der Waals surface area contributed by atoms with Gasteiger partial charge >= 0.3 is 0 Å². The van der Waals surface area contributed by atoms with Crippen LogP contribution in [-0.2, 0) is 5.54 Å². The second-order valence-corrected chi connectivity index (χ2v) is 9.33. The lowest BCUT2D eigenvalue weighted by molar-refractivity contribution is 0.0930. The van der Waals surface area contributed by atoms with Gasteiger partial charge in [-0.25, -0.2) is 0 Å². The van der Waals surface area contributed by atoms with Crippen LogP contribution in [0.25, 0.3) is 10.8 Å². The number of aliphatic hydroxyl groups is 1. The molecule has 166 valence electrons. The maximum absolute atomic E-state index is 13.3. The van der Waals surface area contributed by atoms with Gasteiger partial charge in [0.1, 0.15) is 12.4 Å². The highest BCUT2D eigenvalue weighted by atomic mass is 16.5. The number of likely N-dealkylation sites (tertiary alicyclic amines) is 1. The average Bonchev–Trinajstić information content (AvgIpc) is 3.49. The average molecular weight is 431 g/mol. The van der Waals surface area contributed by atoms with Gasteiger partial charge in [-0.15, -0.1) is 0 Å². The number of aliphatic hydroxyl groups excluding tert-OH is 1. The third-order valence-electron chi connectivity index (χ3n) is 6.97. The van der Waals surface area contributed by atoms with Crippen molar-refractivity contribution in [2.24, 2.45) is 0 Å². The monoisotopic (exact) mass is 430 g/mol. The molecule has 1 unspecified atom stereocenters. The van der Waals surface area contributed by atoms with Gasteiger partial charge in [0.2, 0.25) is 0 Å². The zero-order valence-corrected chi connectivity index (χ0v) is 18.7. The van der Waals surface area contributed by atoms with Crippen LogP contribution in [0.3, 0.4) is 0 Å². The molecule has 2 aliphatic rings. The summed E-state index contributed by atoms with van der Waals surface area (Å²) < 4.78 is 6.01. The van der Waals surface area contributed by atoms with Crippen LogP contribution in [0, 0.1) is 6.92 Å². The van der Waals surface area contributed by atoms with Crippen LogP contribution in [0.2, 0.25) is 0 Å². The number of hydrogen-bond acceptors (Lipinski definition) is 4. The molecule has 2 N–H and O–H groups in total. The van der Waals surface area contributed by atoms with E-state index in [4.69, 9.17) is 4.74 Å². The largest absolute Gasteiger partial charge is 0.492 e. The van der Waals surface area contributed by atoms with Crippen LogP contribution in [0.1, 0.15) is 40.7 Å². The van der Waals surface area contributed by atoms with Gasteiger partial charge in [-0.05, 0) is 67.3 Å². The maximum Gasteiger partial charge on any atom is 0.252 e. The maximum atomic E-state index is 13.3. The van der Waals surface area contributed by atoms with E-state index in [0.717, 1.165) is 18.4 Å². The molecular formula is C27H30N2O3. The Kier molecular flexibility index (Phi) is 5.39. The van der Waals surface area contributed by atoms with Gasteiger partial charge in [0.25, 0.3) is 5.91 Å². The number of β-amino-alcohol motifs (C(OH)–C–C–N with tert-alkyl or cyclic N) is 1. The first-order valence-electron chi connectivity index (χ1n) is 11.4. The molecule has 1 aliphatic carbocycles. The quantitative estimate of drug-likeness (QED) is 0.620. The number of likely N-dealkylation sites (N-methyl/N-ethyl adjacent to an activating group) is 1. The molecule has 1 amide bonds. The van der Waals surface area contributed by atoms with Crippen molar-refractivity contribution in [2.45, 2.75) is 43.9 Å². The highest BCUT2D eigenvalue weighted by Crippen LogP contribution is 2.48. The van der Waals surface area contributed by atoms with Crippen molar-refractivity contribution in [3.63, 3.8) is 0 Å². The summed E-state index contributed by atoms with van der Waals surface area (Å²) in [5.41, 5.74) is 2.46. The van der Waals surface area contributed by atoms with Gasteiger partial charge in [0.05, 0.1) is 11.6 Å². The summed E-state index contributed by atoms with van der Waals surface area (Å²) in [4.78, 5) is 15.4. The summed E-state index contributed by atoms with van der Waals surface area (Å²) in [6.45, 7) is 3.13. The number of nitrogens with one attached hydrogen (secondary N) is 1. The summed E-state index contributed by atoms with van der Waals surface area (Å²) in [5, 5.41) is 15.6. The van der Waals surface area contributed by atoms with E-state index in [1.807, 2.05) is 38.2 Å². The molecule has 5 rings (SSSR count). The van der Waals surface area contributed by atoms with Gasteiger partial charge < -0.3 is 15.2 Å². The number of rotatable bonds is 6. The fourth-order valence-electron chi connectivity index (χ4n) is 4.89. The van der Waals surface area contributed by atoms with Crippen LogP contribution in [-0.4, -0.2) is 48.3 Å². The Bertz CT molecular complexity index is 1150. The predicted molar refractivity (Wildman–Crippen MR) is 126 cm³/mol. The lowest BCUT2D eigenvalue weighted by atomic mass is 9.96. The topological polar surface area (TPSA) is 61.8 Å². The van der Waals surface area contributed by atoms with E-state index in [2.05, 4.69) is 46.6 Å². The molecule has 1 heterocycles. The molecule has 0 bridgehead atoms. The Morgan fingerprint density at radius 3 is 2.69 bits per heavy atom. The Labute approximate surface area is 189 Å². The van der Waals surface area contributed by atoms with Gasteiger partial charge in [-0.3, -0.25) is 9.69 Å². The fourth-order valence-corrected chi connectivity index (χ4v) is 4.89. The molecule has 3 aromatic rings. The van der Waals surface area contributed by atoms with Crippen molar-refractivity contribution in [1.82, 2.24) is 10.2 Å². The number of nitrogens with zero attached hydrogens (tertiary/aromatic N) is 1. The van der Waals surface area contributed by atoms with Crippen LogP contribution in [0.4, 0.5) is 0 Å². The molecule has 2 fully saturated rings. The molecule has 3 aromatic carbocycles. The van der Waals surface area contributed by atoms with Crippen molar-refractivity contribution < 1.29 is 14.6 Å². The van der Waals surface area contributed by atoms with E-state index in [-0.39, 0.29) is 23.6 Å². The highest BCUT2D eigenvalue weighted by molar-refractivity contribution is 5.97. The molecule has 1 saturated carbocycles. The summed E-state index contributed by atoms with van der Waals surface area (Å²) in [6, 6.07) is 20.5. The molecule has 1 aliphatic heterocycles. The molecule has 0 radical (unpaired) electrons. The van der Waals surface area contributed by atoms with Crippen molar-refractivity contribution in [3.8, 4) is 5.75 Å². The van der Waals surface area contributed by atoms with Gasteiger partial charge in [-0.2, -0.15) is 0 Å². The summed E-state index contributed by atoms with van der Waals surface area (Å²) in [7, 11) is 2.00. The summed E-state index contributed by atoms with van der Waals surface area (Å²) in [5.74, 6) is 0.623. The van der Waals surface area contributed by atoms with Crippen molar-refractivity contribution in [2.75, 3.05) is 20.2 Å². The number of fused-ring (bicyclic) bond motifs is 1. The molecule has 5 nitrogen and oxygen atoms in total. The second kappa shape index (κ2) is 8.23. The number of carbonyl (C=O) groups excluding carboxylic acids is 1. The molecule has 0 spiro atoms. The first-order chi connectivity index (χ1) is 15.4. The summed E-state index contributed by atoms with van der Waals surface area (Å²) in [6.07, 6.45) is 2.30. The lowest BCUT2D eigenvalue weighted by Gasteiger charge is -2.22. The zero-order valence-electron chi connectivity index (χ0n) is 18.7. The minimum absolute atomic E-state index is 0.0632. The normalized spacial score (nSPS) is 22.1. The van der Waals surface area contributed by atoms with Crippen LogP contribution in [0.5, 0.6) is 5.75 Å². The van der Waals surface area contributed by atoms with E-state index in [9.17, 15) is 9.90 Å². The smallest absolute Gasteiger partial charge is 0.252 e. The number of hydrogen-bond donors (Lipinski definition) is 2. The zero-order chi connectivity index (χ0) is 22.3. The molecule has 1 saturated heterocycles. The molecule has 0 aromatic heterocycles. The molecule has 5 heteroatoms. The SMILES string of the molecule is Cc1ccc(OCC2C[C@H](O)CN2C)cc1C(=O)NC1(c2cccc3ccccc23)CC1. The van der Waals surface area contributed by atoms with Gasteiger partial charge in [0, 0.05) is 18.2 Å². The van der Waals surface area contributed by atoms with Crippen molar-refractivity contribution >= 4 is 16.7 Å². The van der Waals surface area contributed by atoms with Crippen molar-refractivity contribution in [1.29, 1.82) is 0 Å². The van der Waals surface area contributed by atoms with E-state index in [1.165, 1.54) is 16.3 Å². The minimum atomic E-state index is -0.302. The van der Waals surface area contributed by atoms with Crippen molar-refractivity contribution in [3.05, 3.63) is 77.4 Å². The standard InChI is InChI=1S/C27H30N2O3/c1-18-10-11-22(32-17-20-14-21(30)16-29(20)2)15-24(18)26(31)28-27(12-13-27)25-9-5-7-19-6-3-4-8-23(19)25/h3-11,15,20-21,30H,12-14,16-17H2,1-2H3,(H,28,31)/t20?,21-/m0/s1. The summed E-state index contributed by atoms with van der Waals surface area (Å²) >= 11 is 0. The number of amides is 1. The minimum Gasteiger partial charge on any atom is -0.492 e. The Balaban J connectivity index is 1.34.